The molecule has 10 heteroatoms. The highest BCUT2D eigenvalue weighted by molar-refractivity contribution is 5.94. The Hall–Kier alpha value is -3.69. The highest BCUT2D eigenvalue weighted by atomic mass is 19.4. The standard InChI is InChI=1S/C23H22F3N5O2/c24-23(25,26)17-5-1-4-15(9-17)22(33)28-18-10-16(11-18)19-12-20(31-30-19)29-21(32)7-6-14-3-2-8-27-13-14/h1-5,8-9,12-13,16,18H,6-7,10-11H2,(H,28,33)(H2,29,30,31,32). The van der Waals surface area contributed by atoms with Crippen LogP contribution in [0, 0.1) is 0 Å². The van der Waals surface area contributed by atoms with Gasteiger partial charge in [0.05, 0.1) is 5.56 Å². The maximum Gasteiger partial charge on any atom is 0.416 e. The van der Waals surface area contributed by atoms with E-state index < -0.39 is 17.6 Å². The van der Waals surface area contributed by atoms with Gasteiger partial charge in [0.15, 0.2) is 5.82 Å². The number of carbonyl (C=O) groups excluding carboxylic acids is 2. The third kappa shape index (κ3) is 5.76. The summed E-state index contributed by atoms with van der Waals surface area (Å²) in [5.41, 5.74) is 0.936. The summed E-state index contributed by atoms with van der Waals surface area (Å²) >= 11 is 0. The number of benzene rings is 1. The van der Waals surface area contributed by atoms with Crippen molar-refractivity contribution >= 4 is 17.6 Å². The van der Waals surface area contributed by atoms with E-state index in [1.165, 1.54) is 12.1 Å². The zero-order valence-corrected chi connectivity index (χ0v) is 17.5. The van der Waals surface area contributed by atoms with E-state index in [1.807, 2.05) is 12.1 Å². The summed E-state index contributed by atoms with van der Waals surface area (Å²) in [6, 6.07) is 9.72. The second-order valence-corrected chi connectivity index (χ2v) is 8.04. The number of pyridine rings is 1. The van der Waals surface area contributed by atoms with Crippen molar-refractivity contribution in [2.75, 3.05) is 5.32 Å². The largest absolute Gasteiger partial charge is 0.416 e. The minimum Gasteiger partial charge on any atom is -0.349 e. The fourth-order valence-corrected chi connectivity index (χ4v) is 3.71. The highest BCUT2D eigenvalue weighted by Gasteiger charge is 2.34. The number of carbonyl (C=O) groups is 2. The highest BCUT2D eigenvalue weighted by Crippen LogP contribution is 2.37. The number of aryl methyl sites for hydroxylation is 1. The van der Waals surface area contributed by atoms with Crippen LogP contribution in [0.25, 0.3) is 0 Å². The first-order valence-electron chi connectivity index (χ1n) is 10.5. The van der Waals surface area contributed by atoms with Crippen LogP contribution in [0.15, 0.2) is 54.9 Å². The molecule has 0 aliphatic heterocycles. The molecule has 1 fully saturated rings. The van der Waals surface area contributed by atoms with Crippen LogP contribution in [-0.2, 0) is 17.4 Å². The Morgan fingerprint density at radius 3 is 2.67 bits per heavy atom. The lowest BCUT2D eigenvalue weighted by molar-refractivity contribution is -0.137. The van der Waals surface area contributed by atoms with Gasteiger partial charge in [0.2, 0.25) is 5.91 Å². The van der Waals surface area contributed by atoms with E-state index in [-0.39, 0.29) is 23.4 Å². The number of nitrogens with one attached hydrogen (secondary N) is 3. The van der Waals surface area contributed by atoms with Gasteiger partial charge in [0.1, 0.15) is 0 Å². The average Bonchev–Trinajstić information content (AvgIpc) is 3.22. The molecular weight excluding hydrogens is 435 g/mol. The van der Waals surface area contributed by atoms with Crippen molar-refractivity contribution in [1.82, 2.24) is 20.5 Å². The van der Waals surface area contributed by atoms with E-state index in [4.69, 9.17) is 0 Å². The van der Waals surface area contributed by atoms with Crippen molar-refractivity contribution in [3.63, 3.8) is 0 Å². The Morgan fingerprint density at radius 1 is 1.12 bits per heavy atom. The number of aromatic amines is 1. The van der Waals surface area contributed by atoms with Gasteiger partial charge in [-0.05, 0) is 49.1 Å². The van der Waals surface area contributed by atoms with Crippen LogP contribution in [0.1, 0.15) is 52.4 Å². The van der Waals surface area contributed by atoms with Crippen LogP contribution in [0.5, 0.6) is 0 Å². The van der Waals surface area contributed by atoms with Gasteiger partial charge in [-0.2, -0.15) is 18.3 Å². The van der Waals surface area contributed by atoms with Crippen molar-refractivity contribution in [2.45, 2.75) is 43.8 Å². The molecule has 2 aromatic heterocycles. The molecule has 3 N–H and O–H groups in total. The van der Waals surface area contributed by atoms with Gasteiger partial charge in [-0.3, -0.25) is 19.7 Å². The molecule has 0 radical (unpaired) electrons. The van der Waals surface area contributed by atoms with Gasteiger partial charge in [0, 0.05) is 48.1 Å². The second kappa shape index (κ2) is 9.43. The number of nitrogens with zero attached hydrogens (tertiary/aromatic N) is 2. The van der Waals surface area contributed by atoms with Crippen LogP contribution >= 0.6 is 0 Å². The number of alkyl halides is 3. The van der Waals surface area contributed by atoms with Crippen molar-refractivity contribution < 1.29 is 22.8 Å². The topological polar surface area (TPSA) is 99.8 Å². The number of anilines is 1. The molecule has 1 aromatic carbocycles. The predicted octanol–water partition coefficient (Wildman–Crippen LogP) is 4.07. The molecular formula is C23H22F3N5O2. The van der Waals surface area contributed by atoms with Gasteiger partial charge >= 0.3 is 6.18 Å². The fraction of sp³-hybridized carbons (Fsp3) is 0.304. The van der Waals surface area contributed by atoms with Crippen LogP contribution in [0.2, 0.25) is 0 Å². The molecule has 7 nitrogen and oxygen atoms in total. The van der Waals surface area contributed by atoms with Crippen molar-refractivity contribution in [3.8, 4) is 0 Å². The molecule has 172 valence electrons. The van der Waals surface area contributed by atoms with Crippen LogP contribution < -0.4 is 10.6 Å². The lowest BCUT2D eigenvalue weighted by Crippen LogP contribution is -2.43. The zero-order chi connectivity index (χ0) is 23.4. The second-order valence-electron chi connectivity index (χ2n) is 8.04. The molecule has 0 spiro atoms. The Bertz CT molecular complexity index is 1120. The first-order chi connectivity index (χ1) is 15.8. The first-order valence-corrected chi connectivity index (χ1v) is 10.5. The Kier molecular flexibility index (Phi) is 6.43. The third-order valence-corrected chi connectivity index (χ3v) is 5.59. The van der Waals surface area contributed by atoms with Gasteiger partial charge in [-0.25, -0.2) is 0 Å². The van der Waals surface area contributed by atoms with Crippen molar-refractivity contribution in [3.05, 3.63) is 77.2 Å². The molecule has 4 rings (SSSR count). The number of hydrogen-bond donors (Lipinski definition) is 3. The van der Waals surface area contributed by atoms with Crippen LogP contribution in [-0.4, -0.2) is 33.0 Å². The number of rotatable bonds is 7. The SMILES string of the molecule is O=C(CCc1cccnc1)Nc1cc(C2CC(NC(=O)c3cccc(C(F)(F)F)c3)C2)[nH]n1. The summed E-state index contributed by atoms with van der Waals surface area (Å²) in [6.07, 6.45) is 1.04. The van der Waals surface area contributed by atoms with E-state index in [9.17, 15) is 22.8 Å². The lowest BCUT2D eigenvalue weighted by atomic mass is 9.78. The summed E-state index contributed by atoms with van der Waals surface area (Å²) in [6.45, 7) is 0. The molecule has 1 aliphatic rings. The number of halogens is 3. The molecule has 0 atom stereocenters. The molecule has 33 heavy (non-hydrogen) atoms. The summed E-state index contributed by atoms with van der Waals surface area (Å²) in [4.78, 5) is 28.5. The Labute approximate surface area is 187 Å². The van der Waals surface area contributed by atoms with E-state index in [2.05, 4.69) is 25.8 Å². The molecule has 0 saturated heterocycles. The minimum absolute atomic E-state index is 0.0221. The minimum atomic E-state index is -4.50. The van der Waals surface area contributed by atoms with E-state index in [1.54, 1.807) is 18.5 Å². The Balaban J connectivity index is 1.24. The van der Waals surface area contributed by atoms with Gasteiger partial charge in [0.25, 0.3) is 5.91 Å². The van der Waals surface area contributed by atoms with Gasteiger partial charge in [-0.15, -0.1) is 0 Å². The first kappa shape index (κ1) is 22.5. The lowest BCUT2D eigenvalue weighted by Gasteiger charge is -2.35. The number of hydrogen-bond acceptors (Lipinski definition) is 4. The smallest absolute Gasteiger partial charge is 0.349 e. The molecule has 3 aromatic rings. The molecule has 1 saturated carbocycles. The molecule has 2 amide bonds. The quantitative estimate of drug-likeness (QED) is 0.498. The Morgan fingerprint density at radius 2 is 1.94 bits per heavy atom. The number of amides is 2. The maximum atomic E-state index is 12.8. The van der Waals surface area contributed by atoms with E-state index in [0.717, 1.165) is 23.4 Å². The summed E-state index contributed by atoms with van der Waals surface area (Å²) in [7, 11) is 0. The molecule has 0 bridgehead atoms. The zero-order valence-electron chi connectivity index (χ0n) is 17.5. The van der Waals surface area contributed by atoms with E-state index >= 15 is 0 Å². The van der Waals surface area contributed by atoms with Crippen molar-refractivity contribution in [1.29, 1.82) is 0 Å². The monoisotopic (exact) mass is 457 g/mol. The summed E-state index contributed by atoms with van der Waals surface area (Å²) < 4.78 is 38.5. The van der Waals surface area contributed by atoms with Crippen LogP contribution in [0.4, 0.5) is 19.0 Å². The summed E-state index contributed by atoms with van der Waals surface area (Å²) in [5.74, 6) is -0.143. The molecule has 1 aliphatic carbocycles. The molecule has 2 heterocycles. The molecule has 0 unspecified atom stereocenters. The number of H-pyrrole nitrogens is 1. The third-order valence-electron chi connectivity index (χ3n) is 5.59. The van der Waals surface area contributed by atoms with Gasteiger partial charge in [-0.1, -0.05) is 12.1 Å². The summed E-state index contributed by atoms with van der Waals surface area (Å²) in [5, 5.41) is 12.5. The normalized spacial score (nSPS) is 17.8. The van der Waals surface area contributed by atoms with Crippen molar-refractivity contribution in [2.24, 2.45) is 0 Å². The average molecular weight is 457 g/mol. The van der Waals surface area contributed by atoms with Gasteiger partial charge < -0.3 is 10.6 Å². The maximum absolute atomic E-state index is 12.8. The fourth-order valence-electron chi connectivity index (χ4n) is 3.71. The predicted molar refractivity (Wildman–Crippen MR) is 114 cm³/mol. The van der Waals surface area contributed by atoms with Crippen LogP contribution in [0.3, 0.4) is 0 Å². The van der Waals surface area contributed by atoms with E-state index in [0.29, 0.717) is 31.5 Å². The number of aromatic nitrogens is 3.